The number of halogens is 3. The van der Waals surface area contributed by atoms with Crippen molar-refractivity contribution in [2.75, 3.05) is 19.0 Å². The van der Waals surface area contributed by atoms with E-state index in [0.29, 0.717) is 24.5 Å². The molecule has 0 fully saturated rings. The SMILES string of the molecule is CCCCN(CCCl)C(=O)c1ccc(OC(F)F)cc1. The number of ether oxygens (including phenoxy) is 1. The van der Waals surface area contributed by atoms with Crippen LogP contribution in [-0.4, -0.2) is 36.4 Å². The lowest BCUT2D eigenvalue weighted by molar-refractivity contribution is -0.0498. The maximum absolute atomic E-state index is 12.3. The Labute approximate surface area is 122 Å². The van der Waals surface area contributed by atoms with Gasteiger partial charge in [-0.15, -0.1) is 11.6 Å². The van der Waals surface area contributed by atoms with Crippen LogP contribution in [0.5, 0.6) is 5.75 Å². The molecule has 1 rings (SSSR count). The van der Waals surface area contributed by atoms with Crippen LogP contribution in [0.3, 0.4) is 0 Å². The van der Waals surface area contributed by atoms with Crippen LogP contribution < -0.4 is 4.74 Å². The van der Waals surface area contributed by atoms with Crippen molar-refractivity contribution in [1.29, 1.82) is 0 Å². The van der Waals surface area contributed by atoms with Crippen LogP contribution in [0.4, 0.5) is 8.78 Å². The van der Waals surface area contributed by atoms with E-state index in [-0.39, 0.29) is 11.7 Å². The fourth-order valence-electron chi connectivity index (χ4n) is 1.73. The van der Waals surface area contributed by atoms with Gasteiger partial charge in [-0.25, -0.2) is 0 Å². The average molecular weight is 306 g/mol. The maximum atomic E-state index is 12.3. The van der Waals surface area contributed by atoms with Gasteiger partial charge in [-0.2, -0.15) is 8.78 Å². The second-order valence-electron chi connectivity index (χ2n) is 4.24. The molecule has 6 heteroatoms. The molecule has 0 spiro atoms. The van der Waals surface area contributed by atoms with Crippen LogP contribution >= 0.6 is 11.6 Å². The van der Waals surface area contributed by atoms with E-state index in [2.05, 4.69) is 4.74 Å². The molecule has 0 aliphatic carbocycles. The number of alkyl halides is 3. The number of carbonyl (C=O) groups excluding carboxylic acids is 1. The van der Waals surface area contributed by atoms with Gasteiger partial charge in [-0.1, -0.05) is 13.3 Å². The lowest BCUT2D eigenvalue weighted by Crippen LogP contribution is -2.33. The zero-order valence-corrected chi connectivity index (χ0v) is 12.1. The molecule has 1 amide bonds. The number of amides is 1. The predicted octanol–water partition coefficient (Wildman–Crippen LogP) is 3.77. The number of carbonyl (C=O) groups is 1. The first-order valence-corrected chi connectivity index (χ1v) is 7.02. The number of benzene rings is 1. The zero-order valence-electron chi connectivity index (χ0n) is 11.3. The summed E-state index contributed by atoms with van der Waals surface area (Å²) in [6.07, 6.45) is 1.88. The molecule has 0 saturated heterocycles. The minimum Gasteiger partial charge on any atom is -0.435 e. The third-order valence-electron chi connectivity index (χ3n) is 2.75. The van der Waals surface area contributed by atoms with Gasteiger partial charge >= 0.3 is 6.61 Å². The summed E-state index contributed by atoms with van der Waals surface area (Å²) in [4.78, 5) is 13.9. The van der Waals surface area contributed by atoms with Crippen molar-refractivity contribution in [1.82, 2.24) is 4.90 Å². The maximum Gasteiger partial charge on any atom is 0.387 e. The molecule has 0 bridgehead atoms. The van der Waals surface area contributed by atoms with Crippen LogP contribution in [0, 0.1) is 0 Å². The van der Waals surface area contributed by atoms with E-state index < -0.39 is 6.61 Å². The molecular weight excluding hydrogens is 288 g/mol. The minimum absolute atomic E-state index is 0.0361. The molecular formula is C14H18ClF2NO2. The molecule has 0 atom stereocenters. The number of rotatable bonds is 8. The van der Waals surface area contributed by atoms with Gasteiger partial charge in [0.1, 0.15) is 5.75 Å². The van der Waals surface area contributed by atoms with Gasteiger partial charge in [-0.05, 0) is 30.7 Å². The lowest BCUT2D eigenvalue weighted by atomic mass is 10.2. The van der Waals surface area contributed by atoms with Crippen molar-refractivity contribution in [3.63, 3.8) is 0 Å². The van der Waals surface area contributed by atoms with Gasteiger partial charge in [0.25, 0.3) is 5.91 Å². The molecule has 20 heavy (non-hydrogen) atoms. The molecule has 0 aliphatic heterocycles. The largest absolute Gasteiger partial charge is 0.435 e. The normalized spacial score (nSPS) is 10.7. The number of nitrogens with zero attached hydrogens (tertiary/aromatic N) is 1. The smallest absolute Gasteiger partial charge is 0.387 e. The van der Waals surface area contributed by atoms with Crippen molar-refractivity contribution < 1.29 is 18.3 Å². The molecule has 0 heterocycles. The Morgan fingerprint density at radius 3 is 2.45 bits per heavy atom. The summed E-state index contributed by atoms with van der Waals surface area (Å²) in [7, 11) is 0. The van der Waals surface area contributed by atoms with Gasteiger partial charge < -0.3 is 9.64 Å². The van der Waals surface area contributed by atoms with Crippen molar-refractivity contribution in [3.8, 4) is 5.75 Å². The van der Waals surface area contributed by atoms with Crippen LogP contribution in [0.1, 0.15) is 30.1 Å². The van der Waals surface area contributed by atoms with Crippen LogP contribution in [-0.2, 0) is 0 Å². The first-order chi connectivity index (χ1) is 9.58. The summed E-state index contributed by atoms with van der Waals surface area (Å²) in [5, 5.41) is 0. The van der Waals surface area contributed by atoms with Crippen molar-refractivity contribution >= 4 is 17.5 Å². The zero-order chi connectivity index (χ0) is 15.0. The minimum atomic E-state index is -2.87. The van der Waals surface area contributed by atoms with Crippen molar-refractivity contribution in [3.05, 3.63) is 29.8 Å². The molecule has 3 nitrogen and oxygen atoms in total. The van der Waals surface area contributed by atoms with Crippen LogP contribution in [0.2, 0.25) is 0 Å². The highest BCUT2D eigenvalue weighted by atomic mass is 35.5. The summed E-state index contributed by atoms with van der Waals surface area (Å²) in [6.45, 7) is 0.279. The molecule has 1 aromatic rings. The predicted molar refractivity (Wildman–Crippen MR) is 74.6 cm³/mol. The molecule has 1 aromatic carbocycles. The second kappa shape index (κ2) is 8.74. The van der Waals surface area contributed by atoms with Gasteiger partial charge in [0.15, 0.2) is 0 Å². The Balaban J connectivity index is 2.72. The second-order valence-corrected chi connectivity index (χ2v) is 4.62. The Bertz CT molecular complexity index is 412. The van der Waals surface area contributed by atoms with E-state index >= 15 is 0 Å². The van der Waals surface area contributed by atoms with Gasteiger partial charge in [0.2, 0.25) is 0 Å². The molecule has 0 N–H and O–H groups in total. The van der Waals surface area contributed by atoms with Gasteiger partial charge in [-0.3, -0.25) is 4.79 Å². The summed E-state index contributed by atoms with van der Waals surface area (Å²) < 4.78 is 28.3. The number of hydrogen-bond donors (Lipinski definition) is 0. The average Bonchev–Trinajstić information content (AvgIpc) is 2.43. The molecule has 0 unspecified atom stereocenters. The molecule has 0 radical (unpaired) electrons. The fraction of sp³-hybridized carbons (Fsp3) is 0.500. The van der Waals surface area contributed by atoms with Crippen LogP contribution in [0.15, 0.2) is 24.3 Å². The third-order valence-corrected chi connectivity index (χ3v) is 2.92. The summed E-state index contributed by atoms with van der Waals surface area (Å²) in [5.74, 6) is 0.249. The van der Waals surface area contributed by atoms with E-state index in [4.69, 9.17) is 11.6 Å². The van der Waals surface area contributed by atoms with E-state index in [1.807, 2.05) is 6.92 Å². The molecule has 112 valence electrons. The highest BCUT2D eigenvalue weighted by Gasteiger charge is 2.15. The quantitative estimate of drug-likeness (QED) is 0.684. The van der Waals surface area contributed by atoms with Gasteiger partial charge in [0.05, 0.1) is 0 Å². The van der Waals surface area contributed by atoms with Gasteiger partial charge in [0, 0.05) is 24.5 Å². The van der Waals surface area contributed by atoms with E-state index in [1.165, 1.54) is 24.3 Å². The number of hydrogen-bond acceptors (Lipinski definition) is 2. The Morgan fingerprint density at radius 1 is 1.30 bits per heavy atom. The molecule has 0 aromatic heterocycles. The first kappa shape index (κ1) is 16.7. The lowest BCUT2D eigenvalue weighted by Gasteiger charge is -2.21. The summed E-state index contributed by atoms with van der Waals surface area (Å²) in [6, 6.07) is 5.68. The standard InChI is InChI=1S/C14H18ClF2NO2/c1-2-3-9-18(10-8-15)13(19)11-4-6-12(7-5-11)20-14(16)17/h4-7,14H,2-3,8-10H2,1H3. The molecule has 0 saturated carbocycles. The monoisotopic (exact) mass is 305 g/mol. The number of unbranched alkanes of at least 4 members (excludes halogenated alkanes) is 1. The van der Waals surface area contributed by atoms with Crippen molar-refractivity contribution in [2.24, 2.45) is 0 Å². The highest BCUT2D eigenvalue weighted by Crippen LogP contribution is 2.16. The Hall–Kier alpha value is -1.36. The Kier molecular flexibility index (Phi) is 7.30. The summed E-state index contributed by atoms with van der Waals surface area (Å²) >= 11 is 5.69. The van der Waals surface area contributed by atoms with Crippen molar-refractivity contribution in [2.45, 2.75) is 26.4 Å². The van der Waals surface area contributed by atoms with E-state index in [9.17, 15) is 13.6 Å². The summed E-state index contributed by atoms with van der Waals surface area (Å²) in [5.41, 5.74) is 0.438. The van der Waals surface area contributed by atoms with E-state index in [1.54, 1.807) is 4.90 Å². The van der Waals surface area contributed by atoms with Crippen LogP contribution in [0.25, 0.3) is 0 Å². The highest BCUT2D eigenvalue weighted by molar-refractivity contribution is 6.18. The van der Waals surface area contributed by atoms with E-state index in [0.717, 1.165) is 12.8 Å². The molecule has 0 aliphatic rings. The Morgan fingerprint density at radius 2 is 1.95 bits per heavy atom. The first-order valence-electron chi connectivity index (χ1n) is 6.48. The topological polar surface area (TPSA) is 29.5 Å². The third kappa shape index (κ3) is 5.33. The fourth-order valence-corrected chi connectivity index (χ4v) is 1.93.